The first-order valence-corrected chi connectivity index (χ1v) is 6.48. The summed E-state index contributed by atoms with van der Waals surface area (Å²) in [6.07, 6.45) is 4.68. The van der Waals surface area contributed by atoms with E-state index >= 15 is 0 Å². The highest BCUT2D eigenvalue weighted by Gasteiger charge is 2.29. The molecule has 1 fully saturated rings. The zero-order valence-corrected chi connectivity index (χ0v) is 10.7. The van der Waals surface area contributed by atoms with Crippen molar-refractivity contribution in [3.8, 4) is 0 Å². The van der Waals surface area contributed by atoms with Gasteiger partial charge in [0.2, 0.25) is 11.3 Å². The number of rotatable bonds is 4. The summed E-state index contributed by atoms with van der Waals surface area (Å²) in [6, 6.07) is 1.38. The van der Waals surface area contributed by atoms with Gasteiger partial charge in [0.1, 0.15) is 5.69 Å². The molecule has 1 amide bonds. The first-order valence-electron chi connectivity index (χ1n) is 6.48. The quantitative estimate of drug-likeness (QED) is 0.730. The van der Waals surface area contributed by atoms with Gasteiger partial charge in [0.15, 0.2) is 0 Å². The minimum atomic E-state index is -0.275. The van der Waals surface area contributed by atoms with E-state index in [1.54, 1.807) is 0 Å². The predicted molar refractivity (Wildman–Crippen MR) is 71.8 cm³/mol. The minimum absolute atomic E-state index is 0.189. The molecular formula is C13H19N3O3. The number of aromatic nitrogens is 1. The lowest BCUT2D eigenvalue weighted by Crippen LogP contribution is -2.38. The maximum absolute atomic E-state index is 12.2. The Morgan fingerprint density at radius 1 is 1.53 bits per heavy atom. The smallest absolute Gasteiger partial charge is 0.229 e. The van der Waals surface area contributed by atoms with Gasteiger partial charge in [-0.1, -0.05) is 0 Å². The lowest BCUT2D eigenvalue weighted by atomic mass is 9.85. The number of hydrogen-bond donors (Lipinski definition) is 3. The van der Waals surface area contributed by atoms with Crippen LogP contribution < -0.4 is 16.5 Å². The molecule has 1 aliphatic rings. The van der Waals surface area contributed by atoms with Crippen molar-refractivity contribution >= 4 is 11.6 Å². The topological polar surface area (TPSA) is 97.2 Å². The fraction of sp³-hybridized carbons (Fsp3) is 0.538. The molecular weight excluding hydrogens is 246 g/mol. The number of pyridine rings is 1. The van der Waals surface area contributed by atoms with Crippen LogP contribution in [0.1, 0.15) is 12.8 Å². The van der Waals surface area contributed by atoms with E-state index in [1.165, 1.54) is 18.5 Å². The van der Waals surface area contributed by atoms with Crippen molar-refractivity contribution in [3.05, 3.63) is 28.7 Å². The zero-order chi connectivity index (χ0) is 13.7. The number of amides is 1. The molecule has 0 bridgehead atoms. The molecule has 1 aromatic heterocycles. The molecule has 19 heavy (non-hydrogen) atoms. The van der Waals surface area contributed by atoms with E-state index in [0.29, 0.717) is 13.2 Å². The molecule has 1 atom stereocenters. The SMILES string of the molecule is NCC(C(=O)Nc1c[nH]ccc1=O)C1CCOCC1. The molecule has 2 heterocycles. The van der Waals surface area contributed by atoms with Gasteiger partial charge in [-0.05, 0) is 18.8 Å². The highest BCUT2D eigenvalue weighted by Crippen LogP contribution is 2.24. The molecule has 0 saturated carbocycles. The monoisotopic (exact) mass is 265 g/mol. The van der Waals surface area contributed by atoms with Crippen molar-refractivity contribution in [2.75, 3.05) is 25.1 Å². The molecule has 6 nitrogen and oxygen atoms in total. The van der Waals surface area contributed by atoms with Crippen LogP contribution in [0.5, 0.6) is 0 Å². The number of carbonyl (C=O) groups is 1. The maximum atomic E-state index is 12.2. The molecule has 0 aliphatic carbocycles. The number of aromatic amines is 1. The van der Waals surface area contributed by atoms with Crippen LogP contribution in [0.15, 0.2) is 23.3 Å². The molecule has 2 rings (SSSR count). The summed E-state index contributed by atoms with van der Waals surface area (Å²) in [5, 5.41) is 2.66. The maximum Gasteiger partial charge on any atom is 0.229 e. The molecule has 0 spiro atoms. The fourth-order valence-electron chi connectivity index (χ4n) is 2.37. The molecule has 0 radical (unpaired) electrons. The van der Waals surface area contributed by atoms with E-state index in [2.05, 4.69) is 10.3 Å². The van der Waals surface area contributed by atoms with Gasteiger partial charge in [-0.2, -0.15) is 0 Å². The van der Waals surface area contributed by atoms with E-state index in [0.717, 1.165) is 12.8 Å². The van der Waals surface area contributed by atoms with Crippen LogP contribution in [0.4, 0.5) is 5.69 Å². The van der Waals surface area contributed by atoms with Gasteiger partial charge in [-0.25, -0.2) is 0 Å². The standard InChI is InChI=1S/C13H19N3O3/c14-7-10(9-2-5-19-6-3-9)13(18)16-11-8-15-4-1-12(11)17/h1,4,8-10H,2-3,5-7,14H2,(H,15,17)(H,16,18). The third-order valence-corrected chi connectivity index (χ3v) is 3.51. The summed E-state index contributed by atoms with van der Waals surface area (Å²) < 4.78 is 5.28. The van der Waals surface area contributed by atoms with Crippen molar-refractivity contribution < 1.29 is 9.53 Å². The Morgan fingerprint density at radius 3 is 2.89 bits per heavy atom. The van der Waals surface area contributed by atoms with E-state index in [1.807, 2.05) is 0 Å². The third-order valence-electron chi connectivity index (χ3n) is 3.51. The van der Waals surface area contributed by atoms with Crippen LogP contribution in [0, 0.1) is 11.8 Å². The largest absolute Gasteiger partial charge is 0.381 e. The summed E-state index contributed by atoms with van der Waals surface area (Å²) >= 11 is 0. The van der Waals surface area contributed by atoms with Crippen molar-refractivity contribution in [3.63, 3.8) is 0 Å². The van der Waals surface area contributed by atoms with Gasteiger partial charge in [0.05, 0.1) is 5.92 Å². The van der Waals surface area contributed by atoms with Gasteiger partial charge < -0.3 is 20.8 Å². The van der Waals surface area contributed by atoms with Crippen LogP contribution in [-0.4, -0.2) is 30.6 Å². The number of anilines is 1. The van der Waals surface area contributed by atoms with Crippen molar-refractivity contribution in [2.24, 2.45) is 17.6 Å². The minimum Gasteiger partial charge on any atom is -0.381 e. The van der Waals surface area contributed by atoms with Gasteiger partial charge in [0.25, 0.3) is 0 Å². The molecule has 6 heteroatoms. The van der Waals surface area contributed by atoms with Crippen LogP contribution in [0.3, 0.4) is 0 Å². The molecule has 1 aliphatic heterocycles. The van der Waals surface area contributed by atoms with E-state index in [4.69, 9.17) is 10.5 Å². The van der Waals surface area contributed by atoms with Crippen molar-refractivity contribution in [1.29, 1.82) is 0 Å². The number of ether oxygens (including phenoxy) is 1. The van der Waals surface area contributed by atoms with E-state index < -0.39 is 0 Å². The van der Waals surface area contributed by atoms with Gasteiger partial charge in [-0.15, -0.1) is 0 Å². The number of nitrogens with one attached hydrogen (secondary N) is 2. The molecule has 0 aromatic carbocycles. The summed E-state index contributed by atoms with van der Waals surface area (Å²) in [4.78, 5) is 26.5. The Labute approximate surface area is 111 Å². The second kappa shape index (κ2) is 6.49. The molecule has 1 unspecified atom stereocenters. The number of H-pyrrole nitrogens is 1. The number of hydrogen-bond acceptors (Lipinski definition) is 4. The average Bonchev–Trinajstić information content (AvgIpc) is 2.43. The molecule has 1 aromatic rings. The molecule has 1 saturated heterocycles. The summed E-state index contributed by atoms with van der Waals surface area (Å²) in [6.45, 7) is 1.61. The van der Waals surface area contributed by atoms with Crippen molar-refractivity contribution in [2.45, 2.75) is 12.8 Å². The van der Waals surface area contributed by atoms with Gasteiger partial charge in [0, 0.05) is 38.2 Å². The number of nitrogens with two attached hydrogens (primary N) is 1. The van der Waals surface area contributed by atoms with Crippen LogP contribution in [-0.2, 0) is 9.53 Å². The third kappa shape index (κ3) is 3.42. The number of carbonyl (C=O) groups excluding carboxylic acids is 1. The second-order valence-electron chi connectivity index (χ2n) is 4.70. The fourth-order valence-corrected chi connectivity index (χ4v) is 2.37. The van der Waals surface area contributed by atoms with Crippen molar-refractivity contribution in [1.82, 2.24) is 4.98 Å². The predicted octanol–water partition coefficient (Wildman–Crippen LogP) is 0.315. The Morgan fingerprint density at radius 2 is 2.26 bits per heavy atom. The van der Waals surface area contributed by atoms with Crippen LogP contribution in [0.2, 0.25) is 0 Å². The van der Waals surface area contributed by atoms with Gasteiger partial charge in [-0.3, -0.25) is 9.59 Å². The first kappa shape index (κ1) is 13.8. The highest BCUT2D eigenvalue weighted by molar-refractivity contribution is 5.92. The Bertz CT molecular complexity index is 480. The molecule has 104 valence electrons. The highest BCUT2D eigenvalue weighted by atomic mass is 16.5. The second-order valence-corrected chi connectivity index (χ2v) is 4.70. The van der Waals surface area contributed by atoms with E-state index in [9.17, 15) is 9.59 Å². The first-order chi connectivity index (χ1) is 9.22. The zero-order valence-electron chi connectivity index (χ0n) is 10.7. The van der Waals surface area contributed by atoms with E-state index in [-0.39, 0.29) is 35.4 Å². The van der Waals surface area contributed by atoms with Gasteiger partial charge >= 0.3 is 0 Å². The Hall–Kier alpha value is -1.66. The molecule has 4 N–H and O–H groups in total. The summed E-state index contributed by atoms with van der Waals surface area (Å²) in [5.74, 6) is -0.240. The van der Waals surface area contributed by atoms with Crippen LogP contribution >= 0.6 is 0 Å². The lowest BCUT2D eigenvalue weighted by molar-refractivity contribution is -0.122. The normalized spacial score (nSPS) is 17.9. The Kier molecular flexibility index (Phi) is 4.70. The lowest BCUT2D eigenvalue weighted by Gasteiger charge is -2.28. The van der Waals surface area contributed by atoms with Crippen LogP contribution in [0.25, 0.3) is 0 Å². The Balaban J connectivity index is 2.04. The summed E-state index contributed by atoms with van der Waals surface area (Å²) in [7, 11) is 0. The average molecular weight is 265 g/mol. The summed E-state index contributed by atoms with van der Waals surface area (Å²) in [5.41, 5.74) is 5.76.